The number of hydrogen-bond acceptors (Lipinski definition) is 6. The summed E-state index contributed by atoms with van der Waals surface area (Å²) in [7, 11) is 0. The molecule has 0 saturated carbocycles. The predicted molar refractivity (Wildman–Crippen MR) is 147 cm³/mol. The molecule has 0 fully saturated rings. The highest BCUT2D eigenvalue weighted by Gasteiger charge is 2.18. The van der Waals surface area contributed by atoms with Gasteiger partial charge in [0.25, 0.3) is 0 Å². The number of aromatic nitrogens is 3. The topological polar surface area (TPSA) is 103 Å². The zero-order valence-electron chi connectivity index (χ0n) is 20.0. The maximum atomic E-state index is 15.3. The van der Waals surface area contributed by atoms with E-state index in [1.165, 1.54) is 36.6 Å². The number of nitrogens with one attached hydrogen (secondary N) is 2. The van der Waals surface area contributed by atoms with Crippen molar-refractivity contribution in [1.29, 1.82) is 0 Å². The third-order valence-electron chi connectivity index (χ3n) is 6.11. The Morgan fingerprint density at radius 1 is 1.08 bits per heavy atom. The van der Waals surface area contributed by atoms with Gasteiger partial charge < -0.3 is 14.8 Å². The maximum Gasteiger partial charge on any atom is 0.307 e. The molecule has 0 atom stereocenters. The largest absolute Gasteiger partial charge is 0.493 e. The predicted octanol–water partition coefficient (Wildman–Crippen LogP) is 4.99. The summed E-state index contributed by atoms with van der Waals surface area (Å²) in [5.41, 5.74) is 2.68. The van der Waals surface area contributed by atoms with Gasteiger partial charge in [-0.1, -0.05) is 48.2 Å². The number of halogens is 2. The summed E-state index contributed by atoms with van der Waals surface area (Å²) in [5, 5.41) is 10.9. The first kappa shape index (κ1) is 24.3. The number of H-pyrrole nitrogens is 2. The average Bonchev–Trinajstić information content (AvgIpc) is 3.67. The first-order valence-corrected chi connectivity index (χ1v) is 12.5. The molecule has 5 aromatic rings. The third kappa shape index (κ3) is 4.57. The van der Waals surface area contributed by atoms with Crippen molar-refractivity contribution < 1.29 is 18.6 Å². The molecule has 1 aliphatic rings. The summed E-state index contributed by atoms with van der Waals surface area (Å²) in [6.07, 6.45) is 6.19. The molecule has 0 unspecified atom stereocenters. The van der Waals surface area contributed by atoms with Gasteiger partial charge in [0.05, 0.1) is 28.0 Å². The van der Waals surface area contributed by atoms with E-state index >= 15 is 4.39 Å². The van der Waals surface area contributed by atoms with Gasteiger partial charge in [0.2, 0.25) is 5.88 Å². The zero-order valence-corrected chi connectivity index (χ0v) is 20.9. The van der Waals surface area contributed by atoms with Crippen LogP contribution < -0.4 is 20.0 Å². The number of thiazole rings is 1. The molecule has 0 bridgehead atoms. The summed E-state index contributed by atoms with van der Waals surface area (Å²) < 4.78 is 36.1. The number of hydrogen-bond donors (Lipinski definition) is 3. The van der Waals surface area contributed by atoms with E-state index < -0.39 is 16.5 Å². The number of imidazole rings is 1. The lowest BCUT2D eigenvalue weighted by Crippen LogP contribution is -2.26. The van der Waals surface area contributed by atoms with Crippen LogP contribution in [0.25, 0.3) is 29.1 Å². The number of aromatic amines is 2. The second-order valence-electron chi connectivity index (χ2n) is 8.58. The van der Waals surface area contributed by atoms with Crippen molar-refractivity contribution in [3.8, 4) is 28.8 Å². The van der Waals surface area contributed by atoms with Crippen molar-refractivity contribution in [2.24, 2.45) is 4.99 Å². The van der Waals surface area contributed by atoms with Gasteiger partial charge >= 0.3 is 4.87 Å². The first-order chi connectivity index (χ1) is 18.9. The third-order valence-corrected chi connectivity index (χ3v) is 6.93. The molecule has 2 aromatic heterocycles. The molecular formula is C29H18F2N4O3S. The lowest BCUT2D eigenvalue weighted by atomic mass is 10.1. The van der Waals surface area contributed by atoms with Gasteiger partial charge in [0, 0.05) is 22.7 Å². The maximum absolute atomic E-state index is 15.3. The number of aliphatic imine (C=N–C) groups is 1. The summed E-state index contributed by atoms with van der Waals surface area (Å²) in [4.78, 5) is 25.3. The van der Waals surface area contributed by atoms with Crippen LogP contribution in [0.5, 0.6) is 17.4 Å². The van der Waals surface area contributed by atoms with Crippen LogP contribution in [0.3, 0.4) is 0 Å². The number of ether oxygens (including phenoxy) is 1. The fourth-order valence-electron chi connectivity index (χ4n) is 4.21. The van der Waals surface area contributed by atoms with Crippen molar-refractivity contribution in [2.45, 2.75) is 0 Å². The monoisotopic (exact) mass is 540 g/mol. The average molecular weight is 541 g/mol. The van der Waals surface area contributed by atoms with Crippen molar-refractivity contribution in [1.82, 2.24) is 15.0 Å². The van der Waals surface area contributed by atoms with Crippen LogP contribution in [0, 0.1) is 11.6 Å². The Morgan fingerprint density at radius 3 is 2.67 bits per heavy atom. The Labute approximate surface area is 223 Å². The molecule has 1 aliphatic heterocycles. The molecule has 3 aromatic carbocycles. The molecule has 0 amide bonds. The smallest absolute Gasteiger partial charge is 0.307 e. The van der Waals surface area contributed by atoms with Crippen LogP contribution in [0.2, 0.25) is 0 Å². The number of fused-ring (bicyclic) bond motifs is 1. The quantitative estimate of drug-likeness (QED) is 0.282. The minimum atomic E-state index is -0.722. The lowest BCUT2D eigenvalue weighted by molar-refractivity contribution is 0.437. The minimum absolute atomic E-state index is 0.114. The van der Waals surface area contributed by atoms with E-state index in [-0.39, 0.29) is 38.9 Å². The van der Waals surface area contributed by atoms with Gasteiger partial charge in [-0.05, 0) is 41.5 Å². The number of nitrogens with zero attached hydrogens (tertiary/aromatic N) is 2. The van der Waals surface area contributed by atoms with Gasteiger partial charge in [-0.2, -0.15) is 0 Å². The summed E-state index contributed by atoms with van der Waals surface area (Å²) in [5.74, 6) is -1.41. The van der Waals surface area contributed by atoms with Crippen LogP contribution in [-0.2, 0) is 0 Å². The minimum Gasteiger partial charge on any atom is -0.493 e. The molecule has 0 radical (unpaired) electrons. The van der Waals surface area contributed by atoms with Crippen LogP contribution in [0.1, 0.15) is 16.1 Å². The van der Waals surface area contributed by atoms with Gasteiger partial charge in [0.15, 0.2) is 11.6 Å². The molecule has 192 valence electrons. The lowest BCUT2D eigenvalue weighted by Gasteiger charge is -2.11. The normalized spacial score (nSPS) is 12.4. The molecule has 0 saturated heterocycles. The Bertz CT molecular complexity index is 1970. The Morgan fingerprint density at radius 2 is 1.90 bits per heavy atom. The summed E-state index contributed by atoms with van der Waals surface area (Å²) >= 11 is 0.762. The molecule has 39 heavy (non-hydrogen) atoms. The molecule has 3 heterocycles. The van der Waals surface area contributed by atoms with Crippen LogP contribution >= 0.6 is 11.3 Å². The molecule has 7 nitrogen and oxygen atoms in total. The molecule has 6 rings (SSSR count). The van der Waals surface area contributed by atoms with E-state index in [4.69, 9.17) is 4.74 Å². The summed E-state index contributed by atoms with van der Waals surface area (Å²) in [6.45, 7) is 4.10. The fourth-order valence-corrected chi connectivity index (χ4v) is 4.88. The Kier molecular flexibility index (Phi) is 6.01. The van der Waals surface area contributed by atoms with Crippen molar-refractivity contribution in [3.63, 3.8) is 0 Å². The Hall–Kier alpha value is -5.09. The van der Waals surface area contributed by atoms with E-state index in [1.807, 2.05) is 30.3 Å². The van der Waals surface area contributed by atoms with E-state index in [1.54, 1.807) is 12.3 Å². The van der Waals surface area contributed by atoms with Crippen LogP contribution in [0.4, 0.5) is 14.5 Å². The van der Waals surface area contributed by atoms with Gasteiger partial charge in [0.1, 0.15) is 17.4 Å². The van der Waals surface area contributed by atoms with E-state index in [0.29, 0.717) is 22.2 Å². The van der Waals surface area contributed by atoms with Gasteiger partial charge in [-0.15, -0.1) is 0 Å². The second-order valence-corrected chi connectivity index (χ2v) is 9.60. The molecule has 3 N–H and O–H groups in total. The van der Waals surface area contributed by atoms with Crippen LogP contribution in [-0.4, -0.2) is 26.3 Å². The van der Waals surface area contributed by atoms with E-state index in [2.05, 4.69) is 26.5 Å². The standard InChI is InChI=1S/C29H18F2N4O3S/c1-15(16-5-3-2-4-6-16)24-14-33-27(34-24)20-11-17(7-8-21(20)30)38-26-19(12-25-28(36)35-29(37)39-25)18-9-10-32-23(18)13-22(26)31/h2-14,36H,1H2,(H,33,34)(H,35,37)/b19-12+. The van der Waals surface area contributed by atoms with Crippen molar-refractivity contribution in [2.75, 3.05) is 0 Å². The number of aromatic hydroxyl groups is 1. The number of benzene rings is 3. The van der Waals surface area contributed by atoms with Gasteiger partial charge in [-0.3, -0.25) is 14.8 Å². The van der Waals surface area contributed by atoms with Crippen molar-refractivity contribution >= 4 is 41.0 Å². The highest BCUT2D eigenvalue weighted by molar-refractivity contribution is 7.10. The molecule has 0 spiro atoms. The highest BCUT2D eigenvalue weighted by Crippen LogP contribution is 2.31. The van der Waals surface area contributed by atoms with E-state index in [0.717, 1.165) is 16.9 Å². The number of rotatable bonds is 6. The first-order valence-electron chi connectivity index (χ1n) is 11.7. The summed E-state index contributed by atoms with van der Waals surface area (Å²) in [6, 6.07) is 14.7. The van der Waals surface area contributed by atoms with Crippen LogP contribution in [0.15, 0.2) is 77.2 Å². The fraction of sp³-hybridized carbons (Fsp3) is 0. The van der Waals surface area contributed by atoms with Gasteiger partial charge in [-0.25, -0.2) is 13.8 Å². The van der Waals surface area contributed by atoms with Crippen molar-refractivity contribution in [3.05, 3.63) is 115 Å². The molecule has 0 aliphatic carbocycles. The highest BCUT2D eigenvalue weighted by atomic mass is 32.1. The second kappa shape index (κ2) is 9.66. The molecule has 10 heteroatoms. The Balaban J connectivity index is 1.41. The zero-order chi connectivity index (χ0) is 27.1. The molecular weight excluding hydrogens is 522 g/mol. The SMILES string of the molecule is C=C(c1ccccc1)c1cnc(-c2cc(Oc3c(F)cc4c(/c3=C\c3sc(=O)[nH]c3O)=CC=N4)ccc2F)[nH]1. The van der Waals surface area contributed by atoms with E-state index in [9.17, 15) is 14.3 Å².